The molecule has 0 saturated carbocycles. The summed E-state index contributed by atoms with van der Waals surface area (Å²) in [4.78, 5) is 13.1. The lowest BCUT2D eigenvalue weighted by molar-refractivity contribution is -0.130. The smallest absolute Gasteiger partial charge is 0.223 e. The van der Waals surface area contributed by atoms with Crippen LogP contribution in [0.4, 0.5) is 0 Å². The summed E-state index contributed by atoms with van der Waals surface area (Å²) < 4.78 is 22.2. The molecule has 0 aromatic rings. The third kappa shape index (κ3) is 3.26. The molecule has 0 radical (unpaired) electrons. The molecule has 14 heavy (non-hydrogen) atoms. The monoisotopic (exact) mass is 220 g/mol. The fourth-order valence-electron chi connectivity index (χ4n) is 1.35. The summed E-state index contributed by atoms with van der Waals surface area (Å²) in [5.74, 6) is 0.255. The van der Waals surface area contributed by atoms with Crippen LogP contribution in [0.1, 0.15) is 6.42 Å². The predicted octanol–water partition coefficient (Wildman–Crippen LogP) is -1.15. The van der Waals surface area contributed by atoms with Gasteiger partial charge in [-0.2, -0.15) is 0 Å². The Morgan fingerprint density at radius 2 is 1.93 bits per heavy atom. The molecule has 82 valence electrons. The molecular formula is C8H16N2O3S. The van der Waals surface area contributed by atoms with E-state index in [0.717, 1.165) is 0 Å². The van der Waals surface area contributed by atoms with E-state index in [2.05, 4.69) is 5.32 Å². The zero-order valence-electron chi connectivity index (χ0n) is 8.32. The van der Waals surface area contributed by atoms with Gasteiger partial charge in [0.2, 0.25) is 5.91 Å². The summed E-state index contributed by atoms with van der Waals surface area (Å²) in [5, 5.41) is 2.89. The minimum absolute atomic E-state index is 0.0363. The maximum absolute atomic E-state index is 11.5. The van der Waals surface area contributed by atoms with Crippen molar-refractivity contribution >= 4 is 15.7 Å². The van der Waals surface area contributed by atoms with Crippen molar-refractivity contribution in [1.29, 1.82) is 0 Å². The largest absolute Gasteiger partial charge is 0.341 e. The van der Waals surface area contributed by atoms with E-state index in [0.29, 0.717) is 26.1 Å². The van der Waals surface area contributed by atoms with Gasteiger partial charge in [0.15, 0.2) is 9.84 Å². The van der Waals surface area contributed by atoms with Crippen LogP contribution in [0.3, 0.4) is 0 Å². The number of sulfone groups is 1. The molecule has 0 unspecified atom stereocenters. The lowest BCUT2D eigenvalue weighted by Crippen LogP contribution is -2.44. The summed E-state index contributed by atoms with van der Waals surface area (Å²) in [6.45, 7) is 1.35. The van der Waals surface area contributed by atoms with Gasteiger partial charge in [0.1, 0.15) is 0 Å². The van der Waals surface area contributed by atoms with Gasteiger partial charge in [0, 0.05) is 26.1 Å². The summed E-state index contributed by atoms with van der Waals surface area (Å²) in [6, 6.07) is 0. The maximum Gasteiger partial charge on any atom is 0.223 e. The Kier molecular flexibility index (Phi) is 3.88. The highest BCUT2D eigenvalue weighted by Gasteiger charge is 2.24. The van der Waals surface area contributed by atoms with Crippen molar-refractivity contribution in [2.45, 2.75) is 6.42 Å². The molecule has 1 aliphatic heterocycles. The maximum atomic E-state index is 11.5. The second-order valence-corrected chi connectivity index (χ2v) is 5.69. The van der Waals surface area contributed by atoms with E-state index in [9.17, 15) is 13.2 Å². The van der Waals surface area contributed by atoms with Crippen LogP contribution in [0.2, 0.25) is 0 Å². The number of carbonyl (C=O) groups excluding carboxylic acids is 1. The van der Waals surface area contributed by atoms with Gasteiger partial charge in [0.05, 0.1) is 11.5 Å². The van der Waals surface area contributed by atoms with Crippen LogP contribution in [0.15, 0.2) is 0 Å². The lowest BCUT2D eigenvalue weighted by Gasteiger charge is -2.26. The van der Waals surface area contributed by atoms with Crippen molar-refractivity contribution in [1.82, 2.24) is 10.2 Å². The minimum Gasteiger partial charge on any atom is -0.341 e. The molecule has 0 spiro atoms. The first-order valence-electron chi connectivity index (χ1n) is 4.68. The molecule has 5 nitrogen and oxygen atoms in total. The van der Waals surface area contributed by atoms with Gasteiger partial charge in [-0.1, -0.05) is 0 Å². The van der Waals surface area contributed by atoms with Gasteiger partial charge in [-0.3, -0.25) is 4.79 Å². The molecule has 0 aliphatic carbocycles. The number of nitrogens with zero attached hydrogens (tertiary/aromatic N) is 1. The fourth-order valence-corrected chi connectivity index (χ4v) is 2.55. The Morgan fingerprint density at radius 3 is 2.43 bits per heavy atom. The Hall–Kier alpha value is -0.620. The first-order valence-corrected chi connectivity index (χ1v) is 6.50. The molecule has 1 rings (SSSR count). The van der Waals surface area contributed by atoms with Crippen molar-refractivity contribution < 1.29 is 13.2 Å². The van der Waals surface area contributed by atoms with Crippen LogP contribution in [0.5, 0.6) is 0 Å². The number of hydrogen-bond donors (Lipinski definition) is 1. The molecule has 1 amide bonds. The molecule has 1 aliphatic rings. The van der Waals surface area contributed by atoms with E-state index in [1.165, 1.54) is 0 Å². The van der Waals surface area contributed by atoms with Crippen LogP contribution >= 0.6 is 0 Å². The first kappa shape index (κ1) is 11.5. The number of rotatable bonds is 3. The fraction of sp³-hybridized carbons (Fsp3) is 0.875. The average Bonchev–Trinajstić information content (AvgIpc) is 2.14. The molecule has 1 fully saturated rings. The number of amides is 1. The summed E-state index contributed by atoms with van der Waals surface area (Å²) in [5.41, 5.74) is 0. The Bertz CT molecular complexity index is 286. The van der Waals surface area contributed by atoms with Gasteiger partial charge in [0.25, 0.3) is 0 Å². The molecule has 0 bridgehead atoms. The molecular weight excluding hydrogens is 204 g/mol. The highest BCUT2D eigenvalue weighted by Crippen LogP contribution is 2.04. The van der Waals surface area contributed by atoms with E-state index in [1.807, 2.05) is 0 Å². The SMILES string of the molecule is CNCCC(=O)N1CCS(=O)(=O)CC1. The first-order chi connectivity index (χ1) is 6.55. The molecule has 6 heteroatoms. The van der Waals surface area contributed by atoms with Crippen LogP contribution in [-0.4, -0.2) is 57.4 Å². The van der Waals surface area contributed by atoms with Gasteiger partial charge in [-0.25, -0.2) is 8.42 Å². The Morgan fingerprint density at radius 1 is 1.36 bits per heavy atom. The van der Waals surface area contributed by atoms with E-state index in [1.54, 1.807) is 11.9 Å². The minimum atomic E-state index is -2.88. The third-order valence-electron chi connectivity index (χ3n) is 2.29. The van der Waals surface area contributed by atoms with E-state index >= 15 is 0 Å². The molecule has 0 aromatic heterocycles. The van der Waals surface area contributed by atoms with E-state index < -0.39 is 9.84 Å². The highest BCUT2D eigenvalue weighted by atomic mass is 32.2. The topological polar surface area (TPSA) is 66.5 Å². The van der Waals surface area contributed by atoms with Gasteiger partial charge in [-0.15, -0.1) is 0 Å². The second-order valence-electron chi connectivity index (χ2n) is 3.39. The molecule has 0 aromatic carbocycles. The zero-order chi connectivity index (χ0) is 10.6. The van der Waals surface area contributed by atoms with Gasteiger partial charge < -0.3 is 10.2 Å². The van der Waals surface area contributed by atoms with Gasteiger partial charge >= 0.3 is 0 Å². The van der Waals surface area contributed by atoms with E-state index in [4.69, 9.17) is 0 Å². The number of hydrogen-bond acceptors (Lipinski definition) is 4. The summed E-state index contributed by atoms with van der Waals surface area (Å²) >= 11 is 0. The summed E-state index contributed by atoms with van der Waals surface area (Å²) in [7, 11) is -1.09. The van der Waals surface area contributed by atoms with Crippen LogP contribution in [0, 0.1) is 0 Å². The van der Waals surface area contributed by atoms with Crippen LogP contribution in [-0.2, 0) is 14.6 Å². The number of nitrogens with one attached hydrogen (secondary N) is 1. The molecule has 1 heterocycles. The van der Waals surface area contributed by atoms with Crippen molar-refractivity contribution in [3.8, 4) is 0 Å². The van der Waals surface area contributed by atoms with Crippen LogP contribution in [0.25, 0.3) is 0 Å². The quantitative estimate of drug-likeness (QED) is 0.652. The molecule has 1 N–H and O–H groups in total. The van der Waals surface area contributed by atoms with Crippen molar-refractivity contribution in [3.63, 3.8) is 0 Å². The second kappa shape index (κ2) is 4.75. The molecule has 0 atom stereocenters. The van der Waals surface area contributed by atoms with E-state index in [-0.39, 0.29) is 17.4 Å². The highest BCUT2D eigenvalue weighted by molar-refractivity contribution is 7.91. The Balaban J connectivity index is 2.38. The van der Waals surface area contributed by atoms with Gasteiger partial charge in [-0.05, 0) is 7.05 Å². The normalized spacial score (nSPS) is 20.8. The van der Waals surface area contributed by atoms with Crippen molar-refractivity contribution in [2.75, 3.05) is 38.2 Å². The average molecular weight is 220 g/mol. The predicted molar refractivity (Wildman–Crippen MR) is 53.8 cm³/mol. The lowest BCUT2D eigenvalue weighted by atomic mass is 10.3. The molecule has 1 saturated heterocycles. The zero-order valence-corrected chi connectivity index (χ0v) is 9.14. The third-order valence-corrected chi connectivity index (χ3v) is 3.90. The van der Waals surface area contributed by atoms with Crippen LogP contribution < -0.4 is 5.32 Å². The van der Waals surface area contributed by atoms with Crippen molar-refractivity contribution in [2.24, 2.45) is 0 Å². The van der Waals surface area contributed by atoms with Crippen molar-refractivity contribution in [3.05, 3.63) is 0 Å². The Labute approximate surface area is 84.4 Å². The number of carbonyl (C=O) groups is 1. The summed E-state index contributed by atoms with van der Waals surface area (Å²) in [6.07, 6.45) is 0.441. The standard InChI is InChI=1S/C8H16N2O3S/c1-9-3-2-8(11)10-4-6-14(12,13)7-5-10/h9H,2-7H2,1H3.